The molecule has 1 spiro atoms. The Morgan fingerprint density at radius 2 is 2.00 bits per heavy atom. The van der Waals surface area contributed by atoms with Gasteiger partial charge >= 0.3 is 0 Å². The summed E-state index contributed by atoms with van der Waals surface area (Å²) in [5.74, 6) is -0.359. The maximum atomic E-state index is 12.5. The van der Waals surface area contributed by atoms with Crippen LogP contribution < -0.4 is 5.32 Å². The predicted octanol–water partition coefficient (Wildman–Crippen LogP) is 1.64. The molecule has 1 amide bonds. The predicted molar refractivity (Wildman–Crippen MR) is 63.6 cm³/mol. The minimum absolute atomic E-state index is 0.266. The van der Waals surface area contributed by atoms with Gasteiger partial charge in [0.2, 0.25) is 5.91 Å². The second kappa shape index (κ2) is 3.10. The summed E-state index contributed by atoms with van der Waals surface area (Å²) in [6, 6.07) is 5.07. The molecule has 0 saturated heterocycles. The molecule has 0 unspecified atom stereocenters. The second-order valence-electron chi connectivity index (χ2n) is 4.81. The van der Waals surface area contributed by atoms with E-state index in [2.05, 4.69) is 5.32 Å². The summed E-state index contributed by atoms with van der Waals surface area (Å²) in [5, 5.41) is 2.73. The van der Waals surface area contributed by atoms with Crippen molar-refractivity contribution < 1.29 is 13.2 Å². The molecule has 1 heterocycles. The average Bonchev–Trinajstić information content (AvgIpc) is 2.12. The Morgan fingerprint density at radius 1 is 1.29 bits per heavy atom. The second-order valence-corrected chi connectivity index (χ2v) is 7.03. The molecule has 0 radical (unpaired) electrons. The standard InChI is InChI=1S/C12H13NO3S/c1-8-3-4-10-9(7-8)13-11(14)12(5-2-6-12)17(10,15)16/h3-4,7H,2,5-6H2,1H3,(H,13,14). The van der Waals surface area contributed by atoms with Crippen molar-refractivity contribution in [3.05, 3.63) is 23.8 Å². The molecule has 1 N–H and O–H groups in total. The highest BCUT2D eigenvalue weighted by Crippen LogP contribution is 2.48. The molecule has 17 heavy (non-hydrogen) atoms. The lowest BCUT2D eigenvalue weighted by Gasteiger charge is -2.42. The van der Waals surface area contributed by atoms with Gasteiger partial charge in [0.1, 0.15) is 0 Å². The maximum Gasteiger partial charge on any atom is 0.246 e. The van der Waals surface area contributed by atoms with E-state index in [1.165, 1.54) is 0 Å². The van der Waals surface area contributed by atoms with Crippen LogP contribution in [-0.2, 0) is 14.6 Å². The number of hydrogen-bond donors (Lipinski definition) is 1. The lowest BCUT2D eigenvalue weighted by Crippen LogP contribution is -2.57. The third-order valence-corrected chi connectivity index (χ3v) is 6.32. The van der Waals surface area contributed by atoms with Crippen molar-refractivity contribution in [1.29, 1.82) is 0 Å². The summed E-state index contributed by atoms with van der Waals surface area (Å²) in [7, 11) is -3.52. The first kappa shape index (κ1) is 10.8. The Bertz CT molecular complexity index is 615. The van der Waals surface area contributed by atoms with E-state index in [1.54, 1.807) is 18.2 Å². The molecule has 4 nitrogen and oxygen atoms in total. The zero-order chi connectivity index (χ0) is 12.3. The van der Waals surface area contributed by atoms with E-state index >= 15 is 0 Å². The Hall–Kier alpha value is -1.36. The molecule has 1 aliphatic heterocycles. The topological polar surface area (TPSA) is 63.2 Å². The number of nitrogens with one attached hydrogen (secondary N) is 1. The van der Waals surface area contributed by atoms with Crippen LogP contribution in [0.25, 0.3) is 0 Å². The summed E-state index contributed by atoms with van der Waals surface area (Å²) in [6.07, 6.45) is 1.68. The van der Waals surface area contributed by atoms with Crippen LogP contribution in [0.3, 0.4) is 0 Å². The van der Waals surface area contributed by atoms with Gasteiger partial charge in [-0.3, -0.25) is 4.79 Å². The Balaban J connectivity index is 2.27. The summed E-state index contributed by atoms with van der Waals surface area (Å²) < 4.78 is 23.8. The first-order chi connectivity index (χ1) is 7.97. The van der Waals surface area contributed by atoms with Crippen LogP contribution in [0.5, 0.6) is 0 Å². The minimum Gasteiger partial charge on any atom is -0.324 e. The number of benzene rings is 1. The van der Waals surface area contributed by atoms with Crippen LogP contribution in [0.2, 0.25) is 0 Å². The van der Waals surface area contributed by atoms with Gasteiger partial charge in [-0.1, -0.05) is 6.07 Å². The quantitative estimate of drug-likeness (QED) is 0.762. The monoisotopic (exact) mass is 251 g/mol. The molecular formula is C12H13NO3S. The smallest absolute Gasteiger partial charge is 0.246 e. The number of carbonyl (C=O) groups is 1. The van der Waals surface area contributed by atoms with Crippen molar-refractivity contribution in [2.75, 3.05) is 5.32 Å². The molecule has 0 aromatic heterocycles. The van der Waals surface area contributed by atoms with Crippen LogP contribution >= 0.6 is 0 Å². The molecule has 1 aromatic carbocycles. The van der Waals surface area contributed by atoms with Gasteiger partial charge in [-0.05, 0) is 43.9 Å². The molecule has 1 saturated carbocycles. The fourth-order valence-electron chi connectivity index (χ4n) is 2.54. The number of amides is 1. The van der Waals surface area contributed by atoms with Gasteiger partial charge in [-0.25, -0.2) is 8.42 Å². The Kier molecular flexibility index (Phi) is 1.96. The number of aryl methyl sites for hydroxylation is 1. The molecule has 3 rings (SSSR count). The largest absolute Gasteiger partial charge is 0.324 e. The number of fused-ring (bicyclic) bond motifs is 1. The lowest BCUT2D eigenvalue weighted by molar-refractivity contribution is -0.120. The zero-order valence-electron chi connectivity index (χ0n) is 9.49. The van der Waals surface area contributed by atoms with Gasteiger partial charge in [0, 0.05) is 0 Å². The van der Waals surface area contributed by atoms with Gasteiger partial charge in [-0.15, -0.1) is 0 Å². The molecule has 0 bridgehead atoms. The van der Waals surface area contributed by atoms with E-state index in [0.29, 0.717) is 18.5 Å². The average molecular weight is 251 g/mol. The minimum atomic E-state index is -3.52. The Morgan fingerprint density at radius 3 is 2.59 bits per heavy atom. The highest BCUT2D eigenvalue weighted by molar-refractivity contribution is 7.94. The number of carbonyl (C=O) groups excluding carboxylic acids is 1. The van der Waals surface area contributed by atoms with Crippen LogP contribution in [0.15, 0.2) is 23.1 Å². The normalized spacial score (nSPS) is 23.7. The molecule has 90 valence electrons. The van der Waals surface area contributed by atoms with Crippen molar-refractivity contribution in [3.8, 4) is 0 Å². The molecule has 0 atom stereocenters. The van der Waals surface area contributed by atoms with Gasteiger partial charge in [0.15, 0.2) is 14.6 Å². The first-order valence-corrected chi connectivity index (χ1v) is 7.12. The van der Waals surface area contributed by atoms with Crippen molar-refractivity contribution in [2.45, 2.75) is 35.8 Å². The number of sulfone groups is 1. The fraction of sp³-hybridized carbons (Fsp3) is 0.417. The van der Waals surface area contributed by atoms with Crippen molar-refractivity contribution in [2.24, 2.45) is 0 Å². The van der Waals surface area contributed by atoms with E-state index in [4.69, 9.17) is 0 Å². The molecule has 1 aromatic rings. The van der Waals surface area contributed by atoms with Gasteiger partial charge < -0.3 is 5.32 Å². The molecular weight excluding hydrogens is 238 g/mol. The van der Waals surface area contributed by atoms with E-state index in [9.17, 15) is 13.2 Å². The lowest BCUT2D eigenvalue weighted by atomic mass is 9.83. The molecule has 1 fully saturated rings. The highest BCUT2D eigenvalue weighted by Gasteiger charge is 2.58. The van der Waals surface area contributed by atoms with Crippen molar-refractivity contribution in [1.82, 2.24) is 0 Å². The van der Waals surface area contributed by atoms with Gasteiger partial charge in [-0.2, -0.15) is 0 Å². The van der Waals surface area contributed by atoms with Crippen LogP contribution in [0.4, 0.5) is 5.69 Å². The van der Waals surface area contributed by atoms with Crippen molar-refractivity contribution in [3.63, 3.8) is 0 Å². The third kappa shape index (κ3) is 1.17. The van der Waals surface area contributed by atoms with Gasteiger partial charge in [0.25, 0.3) is 0 Å². The van der Waals surface area contributed by atoms with E-state index in [-0.39, 0.29) is 10.8 Å². The summed E-state index contributed by atoms with van der Waals surface area (Å²) in [5.41, 5.74) is 1.36. The van der Waals surface area contributed by atoms with Crippen LogP contribution in [0, 0.1) is 6.92 Å². The number of hydrogen-bond acceptors (Lipinski definition) is 3. The van der Waals surface area contributed by atoms with E-state index < -0.39 is 14.6 Å². The Labute approximate surface area is 99.9 Å². The van der Waals surface area contributed by atoms with Crippen molar-refractivity contribution >= 4 is 21.4 Å². The van der Waals surface area contributed by atoms with Gasteiger partial charge in [0.05, 0.1) is 10.6 Å². The number of anilines is 1. The molecule has 2 aliphatic rings. The summed E-state index contributed by atoms with van der Waals surface area (Å²) >= 11 is 0. The molecule has 5 heteroatoms. The SMILES string of the molecule is Cc1ccc2c(c1)NC(=O)C1(CCC1)S2(=O)=O. The highest BCUT2D eigenvalue weighted by atomic mass is 32.2. The first-order valence-electron chi connectivity index (χ1n) is 5.64. The maximum absolute atomic E-state index is 12.5. The van der Waals surface area contributed by atoms with E-state index in [1.807, 2.05) is 6.92 Å². The zero-order valence-corrected chi connectivity index (χ0v) is 10.3. The summed E-state index contributed by atoms with van der Waals surface area (Å²) in [6.45, 7) is 1.87. The van der Waals surface area contributed by atoms with Crippen LogP contribution in [-0.4, -0.2) is 19.1 Å². The summed E-state index contributed by atoms with van der Waals surface area (Å²) in [4.78, 5) is 12.3. The fourth-order valence-corrected chi connectivity index (χ4v) is 4.73. The number of rotatable bonds is 0. The van der Waals surface area contributed by atoms with Crippen LogP contribution in [0.1, 0.15) is 24.8 Å². The third-order valence-electron chi connectivity index (χ3n) is 3.76. The van der Waals surface area contributed by atoms with E-state index in [0.717, 1.165) is 12.0 Å². The molecule has 1 aliphatic carbocycles.